The van der Waals surface area contributed by atoms with E-state index < -0.39 is 11.6 Å². The van der Waals surface area contributed by atoms with E-state index in [1.807, 2.05) is 18.7 Å². The van der Waals surface area contributed by atoms with Gasteiger partial charge in [-0.1, -0.05) is 0 Å². The lowest BCUT2D eigenvalue weighted by Gasteiger charge is -2.35. The molecule has 1 aliphatic rings. The van der Waals surface area contributed by atoms with Gasteiger partial charge in [0.2, 0.25) is 0 Å². The Morgan fingerprint density at radius 1 is 1.32 bits per heavy atom. The predicted molar refractivity (Wildman–Crippen MR) is 74.4 cm³/mol. The fourth-order valence-electron chi connectivity index (χ4n) is 2.81. The van der Waals surface area contributed by atoms with Crippen molar-refractivity contribution in [2.24, 2.45) is 5.73 Å². The first-order valence-electron chi connectivity index (χ1n) is 6.99. The van der Waals surface area contributed by atoms with Crippen LogP contribution in [0.4, 0.5) is 14.5 Å². The Morgan fingerprint density at radius 3 is 2.47 bits per heavy atom. The van der Waals surface area contributed by atoms with E-state index in [1.54, 1.807) is 0 Å². The van der Waals surface area contributed by atoms with E-state index in [1.165, 1.54) is 12.1 Å². The summed E-state index contributed by atoms with van der Waals surface area (Å²) in [6.07, 6.45) is 3.60. The smallest absolute Gasteiger partial charge is 0.149 e. The van der Waals surface area contributed by atoms with Crippen LogP contribution in [-0.2, 0) is 6.42 Å². The third-order valence-corrected chi connectivity index (χ3v) is 3.72. The van der Waals surface area contributed by atoms with Crippen molar-refractivity contribution in [2.75, 3.05) is 11.4 Å². The molecule has 1 aliphatic heterocycles. The number of piperidine rings is 1. The minimum atomic E-state index is -0.468. The summed E-state index contributed by atoms with van der Waals surface area (Å²) in [5.41, 5.74) is 6.42. The number of anilines is 1. The molecule has 0 saturated carbocycles. The van der Waals surface area contributed by atoms with Crippen molar-refractivity contribution in [1.29, 1.82) is 0 Å². The molecule has 2 unspecified atom stereocenters. The maximum absolute atomic E-state index is 14.2. The molecule has 1 fully saturated rings. The van der Waals surface area contributed by atoms with Gasteiger partial charge in [0.1, 0.15) is 17.3 Å². The Hall–Kier alpha value is -1.16. The molecule has 1 aromatic rings. The molecule has 0 amide bonds. The van der Waals surface area contributed by atoms with Crippen LogP contribution in [0.2, 0.25) is 0 Å². The second kappa shape index (κ2) is 5.87. The molecule has 2 rings (SSSR count). The minimum Gasteiger partial charge on any atom is -0.364 e. The van der Waals surface area contributed by atoms with Crippen LogP contribution in [0.5, 0.6) is 0 Å². The number of halogens is 2. The maximum atomic E-state index is 14.2. The van der Waals surface area contributed by atoms with Crippen molar-refractivity contribution < 1.29 is 8.78 Å². The second-order valence-corrected chi connectivity index (χ2v) is 5.63. The molecular formula is C15H22F2N2. The van der Waals surface area contributed by atoms with Crippen molar-refractivity contribution in [3.05, 3.63) is 29.3 Å². The van der Waals surface area contributed by atoms with E-state index in [2.05, 4.69) is 0 Å². The molecule has 1 aromatic carbocycles. The van der Waals surface area contributed by atoms with Crippen LogP contribution in [-0.4, -0.2) is 18.6 Å². The van der Waals surface area contributed by atoms with E-state index >= 15 is 0 Å². The van der Waals surface area contributed by atoms with E-state index in [0.717, 1.165) is 25.8 Å². The number of nitrogens with zero attached hydrogens (tertiary/aromatic N) is 1. The van der Waals surface area contributed by atoms with E-state index in [9.17, 15) is 8.78 Å². The third kappa shape index (κ3) is 3.24. The summed E-state index contributed by atoms with van der Waals surface area (Å²) in [7, 11) is 0. The molecule has 1 heterocycles. The zero-order valence-corrected chi connectivity index (χ0v) is 11.6. The van der Waals surface area contributed by atoms with Crippen molar-refractivity contribution in [1.82, 2.24) is 0 Å². The number of rotatable bonds is 3. The van der Waals surface area contributed by atoms with Crippen molar-refractivity contribution in [3.63, 3.8) is 0 Å². The lowest BCUT2D eigenvalue weighted by molar-refractivity contribution is 0.463. The number of nitrogens with two attached hydrogens (primary N) is 1. The van der Waals surface area contributed by atoms with Crippen molar-refractivity contribution in [2.45, 2.75) is 51.6 Å². The highest BCUT2D eigenvalue weighted by Gasteiger charge is 2.24. The van der Waals surface area contributed by atoms with Gasteiger partial charge in [-0.15, -0.1) is 0 Å². The predicted octanol–water partition coefficient (Wildman–Crippen LogP) is 3.23. The summed E-state index contributed by atoms with van der Waals surface area (Å²) in [5, 5.41) is 0. The highest BCUT2D eigenvalue weighted by Crippen LogP contribution is 2.30. The summed E-state index contributed by atoms with van der Waals surface area (Å²) < 4.78 is 28.4. The highest BCUT2D eigenvalue weighted by atomic mass is 19.1. The van der Waals surface area contributed by atoms with Gasteiger partial charge in [-0.25, -0.2) is 8.78 Å². The van der Waals surface area contributed by atoms with E-state index in [4.69, 9.17) is 5.73 Å². The van der Waals surface area contributed by atoms with E-state index in [-0.39, 0.29) is 17.8 Å². The zero-order valence-electron chi connectivity index (χ0n) is 11.6. The largest absolute Gasteiger partial charge is 0.364 e. The van der Waals surface area contributed by atoms with Crippen LogP contribution in [0.3, 0.4) is 0 Å². The van der Waals surface area contributed by atoms with Crippen LogP contribution in [0.25, 0.3) is 0 Å². The Kier molecular flexibility index (Phi) is 4.40. The van der Waals surface area contributed by atoms with Gasteiger partial charge in [-0.05, 0) is 57.2 Å². The van der Waals surface area contributed by atoms with Gasteiger partial charge >= 0.3 is 0 Å². The van der Waals surface area contributed by atoms with Gasteiger partial charge in [0.25, 0.3) is 0 Å². The van der Waals surface area contributed by atoms with Gasteiger partial charge in [0, 0.05) is 18.6 Å². The van der Waals surface area contributed by atoms with Gasteiger partial charge in [0.15, 0.2) is 0 Å². The van der Waals surface area contributed by atoms with Crippen molar-refractivity contribution in [3.8, 4) is 0 Å². The van der Waals surface area contributed by atoms with E-state index in [0.29, 0.717) is 12.0 Å². The molecule has 0 radical (unpaired) electrons. The molecule has 1 saturated heterocycles. The number of benzene rings is 1. The SMILES string of the molecule is CC(N)Cc1cc(F)c(N2CCCCC2C)c(F)c1. The van der Waals surface area contributed by atoms with Crippen LogP contribution < -0.4 is 10.6 Å². The number of hydrogen-bond acceptors (Lipinski definition) is 2. The molecule has 0 aromatic heterocycles. The number of hydrogen-bond donors (Lipinski definition) is 1. The first-order valence-corrected chi connectivity index (χ1v) is 6.99. The fraction of sp³-hybridized carbons (Fsp3) is 0.600. The summed E-state index contributed by atoms with van der Waals surface area (Å²) in [5.74, 6) is -0.936. The summed E-state index contributed by atoms with van der Waals surface area (Å²) in [4.78, 5) is 1.85. The molecular weight excluding hydrogens is 246 g/mol. The molecule has 2 nitrogen and oxygen atoms in total. The molecule has 19 heavy (non-hydrogen) atoms. The second-order valence-electron chi connectivity index (χ2n) is 5.63. The summed E-state index contributed by atoms with van der Waals surface area (Å²) in [6, 6.07) is 2.93. The Labute approximate surface area is 113 Å². The molecule has 2 N–H and O–H groups in total. The molecule has 0 bridgehead atoms. The molecule has 0 spiro atoms. The van der Waals surface area contributed by atoms with Crippen molar-refractivity contribution >= 4 is 5.69 Å². The molecule has 2 atom stereocenters. The lowest BCUT2D eigenvalue weighted by Crippen LogP contribution is -2.38. The highest BCUT2D eigenvalue weighted by molar-refractivity contribution is 5.52. The maximum Gasteiger partial charge on any atom is 0.149 e. The summed E-state index contributed by atoms with van der Waals surface area (Å²) >= 11 is 0. The molecule has 4 heteroatoms. The lowest BCUT2D eigenvalue weighted by atomic mass is 10.0. The van der Waals surface area contributed by atoms with Crippen LogP contribution >= 0.6 is 0 Å². The minimum absolute atomic E-state index is 0.0986. The first-order chi connectivity index (χ1) is 8.99. The average Bonchev–Trinajstić information content (AvgIpc) is 2.29. The monoisotopic (exact) mass is 268 g/mol. The van der Waals surface area contributed by atoms with Crippen LogP contribution in [0.1, 0.15) is 38.7 Å². The topological polar surface area (TPSA) is 29.3 Å². The first kappa shape index (κ1) is 14.3. The van der Waals surface area contributed by atoms with Gasteiger partial charge < -0.3 is 10.6 Å². The molecule has 0 aliphatic carbocycles. The normalized spacial score (nSPS) is 21.5. The average molecular weight is 268 g/mol. The Bertz CT molecular complexity index is 423. The quantitative estimate of drug-likeness (QED) is 0.912. The molecule has 106 valence electrons. The van der Waals surface area contributed by atoms with Gasteiger partial charge in [-0.3, -0.25) is 0 Å². The standard InChI is InChI=1S/C15H22F2N2/c1-10(18)7-12-8-13(16)15(14(17)9-12)19-6-4-3-5-11(19)2/h8-11H,3-7,18H2,1-2H3. The van der Waals surface area contributed by atoms with Gasteiger partial charge in [-0.2, -0.15) is 0 Å². The Balaban J connectivity index is 2.30. The van der Waals surface area contributed by atoms with Gasteiger partial charge in [0.05, 0.1) is 0 Å². The zero-order chi connectivity index (χ0) is 14.0. The Morgan fingerprint density at radius 2 is 1.95 bits per heavy atom. The fourth-order valence-corrected chi connectivity index (χ4v) is 2.81. The third-order valence-electron chi connectivity index (χ3n) is 3.72. The van der Waals surface area contributed by atoms with Crippen LogP contribution in [0, 0.1) is 11.6 Å². The summed E-state index contributed by atoms with van der Waals surface area (Å²) in [6.45, 7) is 4.58. The van der Waals surface area contributed by atoms with Crippen LogP contribution in [0.15, 0.2) is 12.1 Å².